The first kappa shape index (κ1) is 39.0. The Morgan fingerprint density at radius 2 is 1.05 bits per heavy atom. The van der Waals surface area contributed by atoms with Crippen molar-refractivity contribution in [2.45, 2.75) is 25.0 Å². The lowest BCUT2D eigenvalue weighted by Crippen LogP contribution is -2.45. The Labute approximate surface area is 245 Å². The third-order valence-electron chi connectivity index (χ3n) is 5.41. The van der Waals surface area contributed by atoms with Crippen molar-refractivity contribution >= 4 is 29.7 Å². The molecule has 2 atom stereocenters. The summed E-state index contributed by atoms with van der Waals surface area (Å²) in [4.78, 5) is 57.1. The second-order valence-corrected chi connectivity index (χ2v) is 9.17. The summed E-state index contributed by atoms with van der Waals surface area (Å²) < 4.78 is 0. The molecular weight excluding hydrogens is 558 g/mol. The van der Waals surface area contributed by atoms with Gasteiger partial charge in [-0.05, 0) is 6.42 Å². The average molecular weight is 608 g/mol. The van der Waals surface area contributed by atoms with Gasteiger partial charge in [0.15, 0.2) is 0 Å². The molecule has 0 aromatic heterocycles. The molecule has 0 fully saturated rings. The summed E-state index contributed by atoms with van der Waals surface area (Å²) in [5.41, 5.74) is 0. The number of nitrogens with one attached hydrogen (secondary N) is 9. The fraction of sp³-hybridized carbons (Fsp3) is 0.792. The molecule has 3 amide bonds. The number of hydrogen-bond donors (Lipinski definition) is 13. The van der Waals surface area contributed by atoms with E-state index in [0.717, 1.165) is 0 Å². The monoisotopic (exact) mass is 607 g/mol. The van der Waals surface area contributed by atoms with Crippen molar-refractivity contribution in [1.29, 1.82) is 0 Å². The number of amides is 3. The maximum atomic E-state index is 11.9. The summed E-state index contributed by atoms with van der Waals surface area (Å²) in [5.74, 6) is -2.96. The minimum absolute atomic E-state index is 0.0761. The first-order valence-electron chi connectivity index (χ1n) is 14.0. The molecule has 0 aliphatic heterocycles. The lowest BCUT2D eigenvalue weighted by Gasteiger charge is -2.15. The molecule has 0 aliphatic rings. The van der Waals surface area contributed by atoms with Crippen LogP contribution in [0.1, 0.15) is 12.8 Å². The number of aliphatic hydroxyl groups excluding tert-OH is 2. The van der Waals surface area contributed by atoms with Crippen LogP contribution in [-0.2, 0) is 24.0 Å². The van der Waals surface area contributed by atoms with E-state index < -0.39 is 36.6 Å². The molecule has 42 heavy (non-hydrogen) atoms. The summed E-state index contributed by atoms with van der Waals surface area (Å²) in [6, 6.07) is -1.09. The lowest BCUT2D eigenvalue weighted by molar-refractivity contribution is -0.141. The molecule has 18 heteroatoms. The number of rotatable bonds is 29. The average Bonchev–Trinajstić information content (AvgIpc) is 2.95. The Bertz CT molecular complexity index is 778. The van der Waals surface area contributed by atoms with Gasteiger partial charge in [0.05, 0.1) is 38.8 Å². The van der Waals surface area contributed by atoms with E-state index in [0.29, 0.717) is 71.9 Å². The van der Waals surface area contributed by atoms with Crippen LogP contribution in [-0.4, -0.2) is 160 Å². The number of aliphatic carboxylic acids is 2. The van der Waals surface area contributed by atoms with Crippen molar-refractivity contribution in [3.8, 4) is 0 Å². The van der Waals surface area contributed by atoms with Crippen molar-refractivity contribution in [3.05, 3.63) is 0 Å². The molecule has 2 unspecified atom stereocenters. The van der Waals surface area contributed by atoms with Crippen molar-refractivity contribution < 1.29 is 44.4 Å². The normalized spacial score (nSPS) is 12.3. The summed E-state index contributed by atoms with van der Waals surface area (Å²) in [5, 5.41) is 61.2. The van der Waals surface area contributed by atoms with Gasteiger partial charge in [-0.3, -0.25) is 24.0 Å². The zero-order valence-electron chi connectivity index (χ0n) is 24.0. The van der Waals surface area contributed by atoms with Gasteiger partial charge in [0, 0.05) is 72.0 Å². The van der Waals surface area contributed by atoms with E-state index in [1.54, 1.807) is 0 Å². The first-order chi connectivity index (χ1) is 20.1. The van der Waals surface area contributed by atoms with Crippen molar-refractivity contribution in [3.63, 3.8) is 0 Å². The van der Waals surface area contributed by atoms with Gasteiger partial charge in [0.1, 0.15) is 6.04 Å². The summed E-state index contributed by atoms with van der Waals surface area (Å²) in [6.45, 7) is 4.58. The molecule has 0 spiro atoms. The van der Waals surface area contributed by atoms with Gasteiger partial charge >= 0.3 is 11.9 Å². The van der Waals surface area contributed by atoms with Gasteiger partial charge in [0.25, 0.3) is 0 Å². The number of carboxylic acid groups (broad SMARTS) is 2. The molecule has 0 rings (SSSR count). The molecular formula is C24H49N9O9. The Morgan fingerprint density at radius 1 is 0.571 bits per heavy atom. The maximum absolute atomic E-state index is 11.9. The zero-order chi connectivity index (χ0) is 31.4. The number of aliphatic hydroxyl groups is 2. The molecule has 0 saturated heterocycles. The highest BCUT2D eigenvalue weighted by molar-refractivity contribution is 5.84. The van der Waals surface area contributed by atoms with Crippen LogP contribution in [0.15, 0.2) is 0 Å². The van der Waals surface area contributed by atoms with E-state index in [-0.39, 0.29) is 44.4 Å². The van der Waals surface area contributed by atoms with Crippen LogP contribution in [0.4, 0.5) is 0 Å². The second kappa shape index (κ2) is 26.9. The molecule has 18 nitrogen and oxygen atoms in total. The fourth-order valence-corrected chi connectivity index (χ4v) is 3.18. The standard InChI is InChI=1S/C24H49N9O9/c34-17-18(35)13-33-20(36)12-19(24(41)42)30-11-10-26-5-8-28-15-22(38)32-3-1-2-31-21(37)14-27-7-4-25-6-9-29-16-23(39)40/h18-19,25-30,34-35H,1-17H2,(H,31,37)(H,32,38)(H,33,36)(H,39,40)(H,41,42). The van der Waals surface area contributed by atoms with Crippen molar-refractivity contribution in [1.82, 2.24) is 47.9 Å². The van der Waals surface area contributed by atoms with Crippen LogP contribution >= 0.6 is 0 Å². The number of hydrogen-bond acceptors (Lipinski definition) is 13. The number of carbonyl (C=O) groups excluding carboxylic acids is 3. The topological polar surface area (TPSA) is 275 Å². The minimum Gasteiger partial charge on any atom is -0.480 e. The SMILES string of the molecule is O=C(O)CNCCNCCNCC(=O)NCCCNC(=O)CNCCNCCNC(CC(=O)NCC(O)CO)C(=O)O. The van der Waals surface area contributed by atoms with E-state index in [1.165, 1.54) is 0 Å². The highest BCUT2D eigenvalue weighted by Gasteiger charge is 2.20. The molecule has 0 aliphatic carbocycles. The van der Waals surface area contributed by atoms with E-state index in [1.807, 2.05) is 0 Å². The lowest BCUT2D eigenvalue weighted by atomic mass is 10.2. The van der Waals surface area contributed by atoms with Gasteiger partial charge in [-0.2, -0.15) is 0 Å². The predicted molar refractivity (Wildman–Crippen MR) is 153 cm³/mol. The molecule has 0 heterocycles. The Hall–Kier alpha value is -2.97. The maximum Gasteiger partial charge on any atom is 0.321 e. The van der Waals surface area contributed by atoms with Crippen LogP contribution in [0.25, 0.3) is 0 Å². The third kappa shape index (κ3) is 26.0. The van der Waals surface area contributed by atoms with Crippen LogP contribution in [0.5, 0.6) is 0 Å². The van der Waals surface area contributed by atoms with Gasteiger partial charge < -0.3 is 68.3 Å². The highest BCUT2D eigenvalue weighted by Crippen LogP contribution is 1.93. The van der Waals surface area contributed by atoms with Crippen molar-refractivity contribution in [2.24, 2.45) is 0 Å². The first-order valence-corrected chi connectivity index (χ1v) is 14.0. The second-order valence-electron chi connectivity index (χ2n) is 9.17. The van der Waals surface area contributed by atoms with Gasteiger partial charge in [-0.15, -0.1) is 0 Å². The van der Waals surface area contributed by atoms with Crippen LogP contribution in [0.2, 0.25) is 0 Å². The van der Waals surface area contributed by atoms with Crippen molar-refractivity contribution in [2.75, 3.05) is 98.2 Å². The van der Waals surface area contributed by atoms with E-state index >= 15 is 0 Å². The molecule has 0 saturated carbocycles. The molecule has 13 N–H and O–H groups in total. The predicted octanol–water partition coefficient (Wildman–Crippen LogP) is -6.46. The van der Waals surface area contributed by atoms with Crippen LogP contribution in [0.3, 0.4) is 0 Å². The Kier molecular flexibility index (Phi) is 25.0. The Morgan fingerprint density at radius 3 is 1.52 bits per heavy atom. The highest BCUT2D eigenvalue weighted by atomic mass is 16.4. The summed E-state index contributed by atoms with van der Waals surface area (Å²) >= 11 is 0. The minimum atomic E-state index is -1.18. The van der Waals surface area contributed by atoms with Gasteiger partial charge in [-0.1, -0.05) is 0 Å². The van der Waals surface area contributed by atoms with Gasteiger partial charge in [0.2, 0.25) is 17.7 Å². The quantitative estimate of drug-likeness (QED) is 0.0352. The van der Waals surface area contributed by atoms with E-state index in [4.69, 9.17) is 10.2 Å². The van der Waals surface area contributed by atoms with Crippen LogP contribution < -0.4 is 47.9 Å². The smallest absolute Gasteiger partial charge is 0.321 e. The number of carbonyl (C=O) groups is 5. The molecule has 0 bridgehead atoms. The third-order valence-corrected chi connectivity index (χ3v) is 5.41. The van der Waals surface area contributed by atoms with Gasteiger partial charge in [-0.25, -0.2) is 0 Å². The Balaban J connectivity index is 3.60. The fourth-order valence-electron chi connectivity index (χ4n) is 3.18. The van der Waals surface area contributed by atoms with E-state index in [2.05, 4.69) is 47.9 Å². The van der Waals surface area contributed by atoms with Crippen LogP contribution in [0, 0.1) is 0 Å². The van der Waals surface area contributed by atoms with E-state index in [9.17, 15) is 34.2 Å². The number of carboxylic acids is 2. The molecule has 244 valence electrons. The molecule has 0 aromatic rings. The zero-order valence-corrected chi connectivity index (χ0v) is 24.0. The molecule has 0 aromatic carbocycles. The largest absolute Gasteiger partial charge is 0.480 e. The molecule has 0 radical (unpaired) electrons. The summed E-state index contributed by atoms with van der Waals surface area (Å²) in [6.07, 6.45) is -0.831. The summed E-state index contributed by atoms with van der Waals surface area (Å²) in [7, 11) is 0.